The van der Waals surface area contributed by atoms with Crippen LogP contribution in [0.5, 0.6) is 0 Å². The number of benzene rings is 1. The second-order valence-electron chi connectivity index (χ2n) is 3.22. The molecule has 0 radical (unpaired) electrons. The largest absolute Gasteiger partial charge is 0.302 e. The summed E-state index contributed by atoms with van der Waals surface area (Å²) >= 11 is 5.02. The monoisotopic (exact) mass is 275 g/mol. The molecule has 14 heavy (non-hydrogen) atoms. The van der Waals surface area contributed by atoms with Gasteiger partial charge < -0.3 is 5.32 Å². The van der Waals surface area contributed by atoms with Crippen LogP contribution in [0.25, 0.3) is 0 Å². The van der Waals surface area contributed by atoms with Gasteiger partial charge in [-0.3, -0.25) is 0 Å². The third-order valence-corrected chi connectivity index (χ3v) is 3.95. The van der Waals surface area contributed by atoms with E-state index in [9.17, 15) is 4.39 Å². The van der Waals surface area contributed by atoms with E-state index in [0.29, 0.717) is 0 Å². The lowest BCUT2D eigenvalue weighted by atomic mass is 10.2. The first kappa shape index (κ1) is 10.5. The van der Waals surface area contributed by atoms with Gasteiger partial charge in [-0.05, 0) is 30.9 Å². The molecule has 1 fully saturated rings. The predicted molar refractivity (Wildman–Crippen MR) is 61.9 cm³/mol. The molecule has 1 aliphatic heterocycles. The van der Waals surface area contributed by atoms with Crippen LogP contribution in [0, 0.1) is 5.82 Å². The Bertz CT molecular complexity index is 326. The molecule has 1 atom stereocenters. The predicted octanol–water partition coefficient (Wildman–Crippen LogP) is 3.31. The molecule has 0 saturated carbocycles. The van der Waals surface area contributed by atoms with Crippen molar-refractivity contribution in [3.05, 3.63) is 34.1 Å². The van der Waals surface area contributed by atoms with Crippen LogP contribution >= 0.6 is 27.7 Å². The summed E-state index contributed by atoms with van der Waals surface area (Å²) in [7, 11) is 0. The smallest absolute Gasteiger partial charge is 0.129 e. The maximum Gasteiger partial charge on any atom is 0.129 e. The van der Waals surface area contributed by atoms with E-state index in [1.54, 1.807) is 11.8 Å². The first-order chi connectivity index (χ1) is 6.77. The zero-order valence-corrected chi connectivity index (χ0v) is 10.00. The average molecular weight is 276 g/mol. The van der Waals surface area contributed by atoms with E-state index in [0.717, 1.165) is 22.3 Å². The van der Waals surface area contributed by atoms with Crippen LogP contribution in [0.1, 0.15) is 17.4 Å². The Hall–Kier alpha value is -0.0600. The molecule has 1 N–H and O–H groups in total. The molecule has 1 aromatic rings. The van der Waals surface area contributed by atoms with E-state index in [2.05, 4.69) is 21.2 Å². The van der Waals surface area contributed by atoms with Crippen LogP contribution in [0.3, 0.4) is 0 Å². The van der Waals surface area contributed by atoms with Gasteiger partial charge in [0.2, 0.25) is 0 Å². The zero-order valence-electron chi connectivity index (χ0n) is 7.59. The topological polar surface area (TPSA) is 12.0 Å². The molecule has 0 aromatic heterocycles. The van der Waals surface area contributed by atoms with Gasteiger partial charge in [0.25, 0.3) is 0 Å². The van der Waals surface area contributed by atoms with E-state index in [1.165, 1.54) is 12.5 Å². The lowest BCUT2D eigenvalue weighted by Gasteiger charge is -2.23. The molecule has 1 aliphatic rings. The molecule has 1 saturated heterocycles. The minimum Gasteiger partial charge on any atom is -0.302 e. The van der Waals surface area contributed by atoms with Gasteiger partial charge in [0.15, 0.2) is 0 Å². The molecule has 1 unspecified atom stereocenters. The summed E-state index contributed by atoms with van der Waals surface area (Å²) in [5.41, 5.74) is 0.762. The van der Waals surface area contributed by atoms with Crippen molar-refractivity contribution >= 4 is 27.7 Å². The molecule has 2 rings (SSSR count). The van der Waals surface area contributed by atoms with Crippen LogP contribution in [-0.2, 0) is 0 Å². The average Bonchev–Trinajstić information content (AvgIpc) is 2.19. The van der Waals surface area contributed by atoms with E-state index < -0.39 is 0 Å². The zero-order chi connectivity index (χ0) is 9.97. The quantitative estimate of drug-likeness (QED) is 0.844. The summed E-state index contributed by atoms with van der Waals surface area (Å²) < 4.78 is 14.3. The Labute approximate surface area is 95.6 Å². The van der Waals surface area contributed by atoms with E-state index in [1.807, 2.05) is 12.1 Å². The van der Waals surface area contributed by atoms with Crippen molar-refractivity contribution in [2.45, 2.75) is 11.8 Å². The standard InChI is InChI=1S/C10H11BrFNS/c11-7-2-3-8(9(12)6-7)10-13-4-1-5-14-10/h2-3,6,10,13H,1,4-5H2. The molecular formula is C10H11BrFNS. The number of halogens is 2. The van der Waals surface area contributed by atoms with Crippen molar-refractivity contribution < 1.29 is 4.39 Å². The minimum atomic E-state index is -0.133. The molecule has 1 nitrogen and oxygen atoms in total. The van der Waals surface area contributed by atoms with Gasteiger partial charge in [0.1, 0.15) is 5.82 Å². The third-order valence-electron chi connectivity index (χ3n) is 2.18. The van der Waals surface area contributed by atoms with E-state index >= 15 is 0 Å². The van der Waals surface area contributed by atoms with Crippen molar-refractivity contribution in [2.24, 2.45) is 0 Å². The van der Waals surface area contributed by atoms with E-state index in [4.69, 9.17) is 0 Å². The van der Waals surface area contributed by atoms with Crippen LogP contribution in [0.4, 0.5) is 4.39 Å². The Morgan fingerprint density at radius 2 is 2.36 bits per heavy atom. The van der Waals surface area contributed by atoms with Crippen molar-refractivity contribution in [1.29, 1.82) is 0 Å². The van der Waals surface area contributed by atoms with Gasteiger partial charge in [-0.15, -0.1) is 11.8 Å². The van der Waals surface area contributed by atoms with Crippen LogP contribution < -0.4 is 5.32 Å². The summed E-state index contributed by atoms with van der Waals surface area (Å²) in [6.45, 7) is 0.979. The Morgan fingerprint density at radius 1 is 1.50 bits per heavy atom. The molecule has 0 spiro atoms. The summed E-state index contributed by atoms with van der Waals surface area (Å²) in [5.74, 6) is 0.971. The highest BCUT2D eigenvalue weighted by atomic mass is 79.9. The highest BCUT2D eigenvalue weighted by Gasteiger charge is 2.18. The van der Waals surface area contributed by atoms with Gasteiger partial charge in [0.05, 0.1) is 5.37 Å². The Balaban J connectivity index is 2.22. The molecule has 76 valence electrons. The van der Waals surface area contributed by atoms with Crippen LogP contribution in [0.2, 0.25) is 0 Å². The lowest BCUT2D eigenvalue weighted by Crippen LogP contribution is -2.25. The molecule has 0 amide bonds. The summed E-state index contributed by atoms with van der Waals surface area (Å²) in [6, 6.07) is 5.25. The third kappa shape index (κ3) is 2.30. The second kappa shape index (κ2) is 4.64. The maximum atomic E-state index is 13.6. The van der Waals surface area contributed by atoms with Gasteiger partial charge in [0, 0.05) is 10.0 Å². The van der Waals surface area contributed by atoms with Crippen molar-refractivity contribution in [3.8, 4) is 0 Å². The number of hydrogen-bond donors (Lipinski definition) is 1. The molecule has 0 aliphatic carbocycles. The van der Waals surface area contributed by atoms with Gasteiger partial charge >= 0.3 is 0 Å². The van der Waals surface area contributed by atoms with Gasteiger partial charge in [-0.1, -0.05) is 22.0 Å². The van der Waals surface area contributed by atoms with Crippen LogP contribution in [-0.4, -0.2) is 12.3 Å². The SMILES string of the molecule is Fc1cc(Br)ccc1C1NCCCS1. The van der Waals surface area contributed by atoms with Gasteiger partial charge in [-0.25, -0.2) is 4.39 Å². The first-order valence-electron chi connectivity index (χ1n) is 4.57. The summed E-state index contributed by atoms with van der Waals surface area (Å²) in [4.78, 5) is 0. The summed E-state index contributed by atoms with van der Waals surface area (Å²) in [5, 5.41) is 3.43. The fraction of sp³-hybridized carbons (Fsp3) is 0.400. The molecule has 1 aromatic carbocycles. The van der Waals surface area contributed by atoms with Crippen molar-refractivity contribution in [2.75, 3.05) is 12.3 Å². The number of hydrogen-bond acceptors (Lipinski definition) is 2. The lowest BCUT2D eigenvalue weighted by molar-refractivity contribution is 0.573. The fourth-order valence-electron chi connectivity index (χ4n) is 1.48. The molecule has 1 heterocycles. The Kier molecular flexibility index (Phi) is 3.47. The summed E-state index contributed by atoms with van der Waals surface area (Å²) in [6.07, 6.45) is 1.17. The van der Waals surface area contributed by atoms with Crippen molar-refractivity contribution in [3.63, 3.8) is 0 Å². The first-order valence-corrected chi connectivity index (χ1v) is 6.41. The van der Waals surface area contributed by atoms with Gasteiger partial charge in [-0.2, -0.15) is 0 Å². The minimum absolute atomic E-state index is 0.122. The maximum absolute atomic E-state index is 13.6. The number of thioether (sulfide) groups is 1. The molecule has 4 heteroatoms. The number of nitrogens with one attached hydrogen (secondary N) is 1. The molecule has 0 bridgehead atoms. The van der Waals surface area contributed by atoms with E-state index in [-0.39, 0.29) is 11.2 Å². The van der Waals surface area contributed by atoms with Crippen molar-refractivity contribution in [1.82, 2.24) is 5.32 Å². The normalized spacial score (nSPS) is 22.3. The fourth-order valence-corrected chi connectivity index (χ4v) is 2.97. The molecular weight excluding hydrogens is 265 g/mol. The number of rotatable bonds is 1. The van der Waals surface area contributed by atoms with Crippen LogP contribution in [0.15, 0.2) is 22.7 Å². The highest BCUT2D eigenvalue weighted by Crippen LogP contribution is 2.31. The Morgan fingerprint density at radius 3 is 3.00 bits per heavy atom. The second-order valence-corrected chi connectivity index (χ2v) is 5.35. The highest BCUT2D eigenvalue weighted by molar-refractivity contribution is 9.10.